The Balaban J connectivity index is 1.98. The third-order valence-electron chi connectivity index (χ3n) is 3.44. The Kier molecular flexibility index (Phi) is 4.64. The largest absolute Gasteiger partial charge is 0.504 e. The molecule has 2 rings (SSSR count). The number of aromatic hydroxyl groups is 2. The molecule has 1 aliphatic heterocycles. The van der Waals surface area contributed by atoms with Crippen LogP contribution in [0.25, 0.3) is 0 Å². The Hall–Kier alpha value is -2.28. The van der Waals surface area contributed by atoms with E-state index in [2.05, 4.69) is 5.32 Å². The Bertz CT molecular complexity index is 547. The van der Waals surface area contributed by atoms with E-state index in [0.717, 1.165) is 0 Å². The third kappa shape index (κ3) is 3.85. The number of carbonyl (C=O) groups excluding carboxylic acids is 2. The zero-order valence-electron chi connectivity index (χ0n) is 11.6. The number of nitrogens with one attached hydrogen (secondary N) is 1. The molecule has 1 aliphatic rings. The summed E-state index contributed by atoms with van der Waals surface area (Å²) in [5, 5.41) is 21.4. The number of hydrogen-bond acceptors (Lipinski definition) is 5. The van der Waals surface area contributed by atoms with Gasteiger partial charge in [-0.3, -0.25) is 9.59 Å². The molecule has 1 atom stereocenters. The number of carbonyl (C=O) groups is 2. The average molecular weight is 293 g/mol. The van der Waals surface area contributed by atoms with E-state index in [9.17, 15) is 19.8 Å². The fourth-order valence-electron chi connectivity index (χ4n) is 2.26. The van der Waals surface area contributed by atoms with E-state index in [1.807, 2.05) is 0 Å². The maximum absolute atomic E-state index is 12.3. The molecule has 1 aromatic rings. The van der Waals surface area contributed by atoms with Gasteiger partial charge in [0.15, 0.2) is 11.5 Å². The number of benzene rings is 1. The molecule has 7 nitrogen and oxygen atoms in total. The normalized spacial score (nSPS) is 17.0. The van der Waals surface area contributed by atoms with Crippen LogP contribution in [0, 0.1) is 0 Å². The summed E-state index contributed by atoms with van der Waals surface area (Å²) in [4.78, 5) is 25.1. The second-order valence-electron chi connectivity index (χ2n) is 5.06. The lowest BCUT2D eigenvalue weighted by Crippen LogP contribution is -2.46. The molecule has 0 radical (unpaired) electrons. The summed E-state index contributed by atoms with van der Waals surface area (Å²) in [5.74, 6) is -0.742. The van der Waals surface area contributed by atoms with Gasteiger partial charge in [0, 0.05) is 26.1 Å². The Morgan fingerprint density at radius 2 is 2.10 bits per heavy atom. The maximum Gasteiger partial charge on any atom is 0.239 e. The van der Waals surface area contributed by atoms with Crippen LogP contribution in [0.2, 0.25) is 0 Å². The van der Waals surface area contributed by atoms with Crippen molar-refractivity contribution in [2.24, 2.45) is 5.73 Å². The van der Waals surface area contributed by atoms with Gasteiger partial charge in [-0.15, -0.1) is 0 Å². The van der Waals surface area contributed by atoms with Gasteiger partial charge in [-0.2, -0.15) is 0 Å². The molecule has 1 fully saturated rings. The number of nitrogens with zero attached hydrogens (tertiary/aromatic N) is 1. The molecule has 21 heavy (non-hydrogen) atoms. The smallest absolute Gasteiger partial charge is 0.239 e. The molecule has 0 spiro atoms. The van der Waals surface area contributed by atoms with Crippen molar-refractivity contribution < 1.29 is 19.8 Å². The summed E-state index contributed by atoms with van der Waals surface area (Å²) in [7, 11) is 0. The molecule has 0 bridgehead atoms. The molecule has 0 saturated carbocycles. The van der Waals surface area contributed by atoms with Gasteiger partial charge in [-0.05, 0) is 24.1 Å². The van der Waals surface area contributed by atoms with Crippen molar-refractivity contribution in [3.05, 3.63) is 23.8 Å². The lowest BCUT2D eigenvalue weighted by Gasteiger charge is -2.23. The molecule has 0 unspecified atom stereocenters. The number of phenolic OH excluding ortho intramolecular Hbond substituents is 2. The van der Waals surface area contributed by atoms with Gasteiger partial charge in [0.25, 0.3) is 0 Å². The van der Waals surface area contributed by atoms with Crippen molar-refractivity contribution in [2.75, 3.05) is 19.6 Å². The molecule has 114 valence electrons. The molecule has 7 heteroatoms. The molecule has 1 aromatic carbocycles. The van der Waals surface area contributed by atoms with Crippen LogP contribution in [0.4, 0.5) is 0 Å². The van der Waals surface area contributed by atoms with Crippen LogP contribution >= 0.6 is 0 Å². The van der Waals surface area contributed by atoms with Crippen molar-refractivity contribution in [1.29, 1.82) is 0 Å². The summed E-state index contributed by atoms with van der Waals surface area (Å²) in [5.41, 5.74) is 6.58. The summed E-state index contributed by atoms with van der Waals surface area (Å²) in [6.07, 6.45) is 0.531. The first-order valence-corrected chi connectivity index (χ1v) is 6.79. The Morgan fingerprint density at radius 3 is 2.81 bits per heavy atom. The minimum atomic E-state index is -0.748. The molecule has 0 aromatic heterocycles. The summed E-state index contributed by atoms with van der Waals surface area (Å²) < 4.78 is 0. The second-order valence-corrected chi connectivity index (χ2v) is 5.06. The van der Waals surface area contributed by atoms with Crippen LogP contribution in [0.15, 0.2) is 18.2 Å². The predicted octanol–water partition coefficient (Wildman–Crippen LogP) is -0.684. The highest BCUT2D eigenvalue weighted by atomic mass is 16.3. The first-order chi connectivity index (χ1) is 9.97. The van der Waals surface area contributed by atoms with Crippen LogP contribution < -0.4 is 11.1 Å². The van der Waals surface area contributed by atoms with Crippen LogP contribution in [-0.2, 0) is 16.0 Å². The fraction of sp³-hybridized carbons (Fsp3) is 0.429. The van der Waals surface area contributed by atoms with E-state index in [4.69, 9.17) is 5.73 Å². The van der Waals surface area contributed by atoms with Gasteiger partial charge in [0.1, 0.15) is 0 Å². The minimum Gasteiger partial charge on any atom is -0.504 e. The molecule has 1 heterocycles. The number of nitrogens with two attached hydrogens (primary N) is 1. The molecule has 1 saturated heterocycles. The number of hydrogen-bond donors (Lipinski definition) is 4. The molecule has 2 amide bonds. The van der Waals surface area contributed by atoms with E-state index in [-0.39, 0.29) is 36.2 Å². The van der Waals surface area contributed by atoms with Crippen LogP contribution in [0.5, 0.6) is 11.5 Å². The van der Waals surface area contributed by atoms with Gasteiger partial charge in [-0.25, -0.2) is 0 Å². The molecule has 5 N–H and O–H groups in total. The first kappa shape index (κ1) is 15.1. The first-order valence-electron chi connectivity index (χ1n) is 6.79. The van der Waals surface area contributed by atoms with E-state index in [1.54, 1.807) is 11.0 Å². The molecular weight excluding hydrogens is 274 g/mol. The highest BCUT2D eigenvalue weighted by molar-refractivity contribution is 5.83. The summed E-state index contributed by atoms with van der Waals surface area (Å²) in [6, 6.07) is 3.60. The van der Waals surface area contributed by atoms with Crippen molar-refractivity contribution >= 4 is 11.8 Å². The predicted molar refractivity (Wildman–Crippen MR) is 75.7 cm³/mol. The fourth-order valence-corrected chi connectivity index (χ4v) is 2.26. The number of phenols is 2. The lowest BCUT2D eigenvalue weighted by atomic mass is 10.0. The summed E-state index contributed by atoms with van der Waals surface area (Å²) >= 11 is 0. The monoisotopic (exact) mass is 293 g/mol. The minimum absolute atomic E-state index is 0.0673. The Morgan fingerprint density at radius 1 is 1.33 bits per heavy atom. The third-order valence-corrected chi connectivity index (χ3v) is 3.44. The second kappa shape index (κ2) is 6.45. The van der Waals surface area contributed by atoms with Gasteiger partial charge < -0.3 is 26.2 Å². The zero-order chi connectivity index (χ0) is 15.4. The molecule has 0 aliphatic carbocycles. The van der Waals surface area contributed by atoms with Gasteiger partial charge >= 0.3 is 0 Å². The van der Waals surface area contributed by atoms with E-state index >= 15 is 0 Å². The highest BCUT2D eigenvalue weighted by Crippen LogP contribution is 2.25. The van der Waals surface area contributed by atoms with E-state index in [1.165, 1.54) is 12.1 Å². The highest BCUT2D eigenvalue weighted by Gasteiger charge is 2.23. The van der Waals surface area contributed by atoms with Crippen LogP contribution in [-0.4, -0.2) is 52.6 Å². The van der Waals surface area contributed by atoms with E-state index in [0.29, 0.717) is 25.2 Å². The van der Waals surface area contributed by atoms with Gasteiger partial charge in [0.2, 0.25) is 11.8 Å². The average Bonchev–Trinajstić information content (AvgIpc) is 2.67. The molecular formula is C14H19N3O4. The quantitative estimate of drug-likeness (QED) is 0.551. The van der Waals surface area contributed by atoms with Crippen molar-refractivity contribution in [1.82, 2.24) is 10.2 Å². The lowest BCUT2D eigenvalue weighted by molar-refractivity contribution is -0.132. The van der Waals surface area contributed by atoms with Crippen molar-refractivity contribution in [3.63, 3.8) is 0 Å². The SMILES string of the molecule is N[C@@H](Cc1ccc(O)c(O)c1)C(=O)N1CCNC(=O)CC1. The van der Waals surface area contributed by atoms with Gasteiger partial charge in [-0.1, -0.05) is 6.07 Å². The van der Waals surface area contributed by atoms with Gasteiger partial charge in [0.05, 0.1) is 6.04 Å². The van der Waals surface area contributed by atoms with E-state index < -0.39 is 6.04 Å². The number of amides is 2. The van der Waals surface area contributed by atoms with Crippen LogP contribution in [0.1, 0.15) is 12.0 Å². The number of rotatable bonds is 3. The standard InChI is InChI=1S/C14H19N3O4/c15-10(7-9-1-2-11(18)12(19)8-9)14(21)17-5-3-13(20)16-4-6-17/h1-2,8,10,18-19H,3-7,15H2,(H,16,20)/t10-/m0/s1. The summed E-state index contributed by atoms with van der Waals surface area (Å²) in [6.45, 7) is 1.23. The zero-order valence-corrected chi connectivity index (χ0v) is 11.6. The van der Waals surface area contributed by atoms with Crippen molar-refractivity contribution in [3.8, 4) is 11.5 Å². The maximum atomic E-state index is 12.3. The topological polar surface area (TPSA) is 116 Å². The van der Waals surface area contributed by atoms with Crippen LogP contribution in [0.3, 0.4) is 0 Å². The van der Waals surface area contributed by atoms with Crippen molar-refractivity contribution in [2.45, 2.75) is 18.9 Å². The Labute approximate surface area is 122 Å².